The lowest BCUT2D eigenvalue weighted by Gasteiger charge is -2.05. The Balaban J connectivity index is 2.53. The Morgan fingerprint density at radius 1 is 1.05 bits per heavy atom. The molecule has 0 amide bonds. The molecular weight excluding hydrogens is 380 g/mol. The zero-order chi connectivity index (χ0) is 16.4. The van der Waals surface area contributed by atoms with E-state index in [0.29, 0.717) is 4.47 Å². The molecule has 0 fully saturated rings. The molecule has 7 nitrogen and oxygen atoms in total. The molecule has 2 rings (SSSR count). The molecular formula is C13H6BrClN2O5. The lowest BCUT2D eigenvalue weighted by atomic mass is 10.0. The topological polar surface area (TPSA) is 103 Å². The monoisotopic (exact) mass is 384 g/mol. The summed E-state index contributed by atoms with van der Waals surface area (Å²) in [7, 11) is 0. The number of hydrogen-bond donors (Lipinski definition) is 0. The van der Waals surface area contributed by atoms with Gasteiger partial charge in [-0.3, -0.25) is 25.0 Å². The number of non-ortho nitro benzene ring substituents is 1. The van der Waals surface area contributed by atoms with Crippen LogP contribution in [0.3, 0.4) is 0 Å². The van der Waals surface area contributed by atoms with Gasteiger partial charge in [0.15, 0.2) is 5.78 Å². The first-order valence-electron chi connectivity index (χ1n) is 5.74. The predicted molar refractivity (Wildman–Crippen MR) is 82.3 cm³/mol. The Labute approximate surface area is 136 Å². The number of nitro benzene ring substituents is 2. The number of nitrogens with zero attached hydrogens (tertiary/aromatic N) is 2. The molecule has 0 aliphatic rings. The number of nitro groups is 2. The molecule has 0 atom stereocenters. The fourth-order valence-electron chi connectivity index (χ4n) is 1.75. The second-order valence-corrected chi connectivity index (χ2v) is 5.44. The Hall–Kier alpha value is -2.32. The number of benzene rings is 2. The van der Waals surface area contributed by atoms with Crippen molar-refractivity contribution < 1.29 is 14.6 Å². The molecule has 0 spiro atoms. The summed E-state index contributed by atoms with van der Waals surface area (Å²) >= 11 is 8.82. The second kappa shape index (κ2) is 6.20. The van der Waals surface area contributed by atoms with E-state index in [1.165, 1.54) is 24.3 Å². The van der Waals surface area contributed by atoms with Gasteiger partial charge in [-0.25, -0.2) is 0 Å². The molecule has 2 aromatic carbocycles. The molecule has 0 heterocycles. The van der Waals surface area contributed by atoms with Gasteiger partial charge in [-0.05, 0) is 18.2 Å². The first-order valence-corrected chi connectivity index (χ1v) is 6.91. The van der Waals surface area contributed by atoms with Gasteiger partial charge in [0, 0.05) is 33.8 Å². The SMILES string of the molecule is O=C(c1ccc(Cl)c([N+](=O)[O-])c1)c1cc([N+](=O)[O-])ccc1Br. The quantitative estimate of drug-likeness (QED) is 0.447. The van der Waals surface area contributed by atoms with Crippen molar-refractivity contribution in [1.29, 1.82) is 0 Å². The summed E-state index contributed by atoms with van der Waals surface area (Å²) in [6, 6.07) is 7.31. The number of carbonyl (C=O) groups is 1. The summed E-state index contributed by atoms with van der Waals surface area (Å²) in [6.07, 6.45) is 0. The van der Waals surface area contributed by atoms with Crippen LogP contribution in [-0.4, -0.2) is 15.6 Å². The van der Waals surface area contributed by atoms with Gasteiger partial charge in [0.05, 0.1) is 9.85 Å². The van der Waals surface area contributed by atoms with Crippen LogP contribution in [0.15, 0.2) is 40.9 Å². The lowest BCUT2D eigenvalue weighted by Crippen LogP contribution is -2.04. The normalized spacial score (nSPS) is 10.3. The minimum absolute atomic E-state index is 0.0114. The van der Waals surface area contributed by atoms with Crippen molar-refractivity contribution in [3.63, 3.8) is 0 Å². The molecule has 2 aromatic rings. The first-order chi connectivity index (χ1) is 10.3. The largest absolute Gasteiger partial charge is 0.289 e. The van der Waals surface area contributed by atoms with E-state index in [4.69, 9.17) is 11.6 Å². The highest BCUT2D eigenvalue weighted by Crippen LogP contribution is 2.29. The van der Waals surface area contributed by atoms with Gasteiger partial charge in [0.25, 0.3) is 11.4 Å². The molecule has 0 saturated heterocycles. The van der Waals surface area contributed by atoms with Crippen LogP contribution < -0.4 is 0 Å². The van der Waals surface area contributed by atoms with Crippen molar-refractivity contribution in [1.82, 2.24) is 0 Å². The minimum Gasteiger partial charge on any atom is -0.289 e. The van der Waals surface area contributed by atoms with Crippen molar-refractivity contribution in [3.8, 4) is 0 Å². The number of halogens is 2. The molecule has 0 saturated carbocycles. The van der Waals surface area contributed by atoms with Gasteiger partial charge in [-0.2, -0.15) is 0 Å². The minimum atomic E-state index is -0.707. The summed E-state index contributed by atoms with van der Waals surface area (Å²) in [5, 5.41) is 21.5. The number of hydrogen-bond acceptors (Lipinski definition) is 5. The highest BCUT2D eigenvalue weighted by molar-refractivity contribution is 9.10. The molecule has 0 aromatic heterocycles. The van der Waals surface area contributed by atoms with Gasteiger partial charge in [-0.1, -0.05) is 27.5 Å². The Morgan fingerprint density at radius 3 is 2.32 bits per heavy atom. The van der Waals surface area contributed by atoms with Crippen molar-refractivity contribution in [2.24, 2.45) is 0 Å². The summed E-state index contributed by atoms with van der Waals surface area (Å²) < 4.78 is 0.348. The molecule has 9 heteroatoms. The zero-order valence-corrected chi connectivity index (χ0v) is 13.0. The summed E-state index contributed by atoms with van der Waals surface area (Å²) in [5.41, 5.74) is -0.618. The maximum absolute atomic E-state index is 12.4. The van der Waals surface area contributed by atoms with Gasteiger partial charge in [-0.15, -0.1) is 0 Å². The summed E-state index contributed by atoms with van der Waals surface area (Å²) in [5.74, 6) is -0.588. The predicted octanol–water partition coefficient (Wildman–Crippen LogP) is 4.15. The fourth-order valence-corrected chi connectivity index (χ4v) is 2.36. The van der Waals surface area contributed by atoms with Crippen molar-refractivity contribution >= 4 is 44.7 Å². The highest BCUT2D eigenvalue weighted by Gasteiger charge is 2.20. The van der Waals surface area contributed by atoms with Crippen LogP contribution in [0, 0.1) is 20.2 Å². The third kappa shape index (κ3) is 3.12. The average Bonchev–Trinajstić information content (AvgIpc) is 2.47. The molecule has 0 radical (unpaired) electrons. The van der Waals surface area contributed by atoms with Crippen molar-refractivity contribution in [3.05, 3.63) is 77.2 Å². The van der Waals surface area contributed by atoms with E-state index >= 15 is 0 Å². The van der Waals surface area contributed by atoms with Gasteiger partial charge in [0.2, 0.25) is 0 Å². The molecule has 0 aliphatic carbocycles. The molecule has 0 aliphatic heterocycles. The number of carbonyl (C=O) groups excluding carboxylic acids is 1. The molecule has 0 unspecified atom stereocenters. The standard InChI is InChI=1S/C13H6BrClN2O5/c14-10-3-2-8(16(19)20)6-9(10)13(18)7-1-4-11(15)12(5-7)17(21)22/h1-6H. The lowest BCUT2D eigenvalue weighted by molar-refractivity contribution is -0.385. The maximum Gasteiger partial charge on any atom is 0.288 e. The van der Waals surface area contributed by atoms with Gasteiger partial charge < -0.3 is 0 Å². The van der Waals surface area contributed by atoms with E-state index in [-0.39, 0.29) is 21.8 Å². The van der Waals surface area contributed by atoms with Crippen LogP contribution >= 0.6 is 27.5 Å². The van der Waals surface area contributed by atoms with Crippen LogP contribution in [0.2, 0.25) is 5.02 Å². The van der Waals surface area contributed by atoms with Crippen molar-refractivity contribution in [2.75, 3.05) is 0 Å². The third-order valence-electron chi connectivity index (χ3n) is 2.81. The molecule has 112 valence electrons. The maximum atomic E-state index is 12.4. The van der Waals surface area contributed by atoms with Crippen LogP contribution in [0.5, 0.6) is 0 Å². The number of rotatable bonds is 4. The average molecular weight is 386 g/mol. The molecule has 0 N–H and O–H groups in total. The number of ketones is 1. The van der Waals surface area contributed by atoms with E-state index in [1.807, 2.05) is 0 Å². The third-order valence-corrected chi connectivity index (χ3v) is 3.82. The zero-order valence-electron chi connectivity index (χ0n) is 10.7. The molecule has 22 heavy (non-hydrogen) atoms. The van der Waals surface area contributed by atoms with Crippen molar-refractivity contribution in [2.45, 2.75) is 0 Å². The Morgan fingerprint density at radius 2 is 1.73 bits per heavy atom. The second-order valence-electron chi connectivity index (χ2n) is 4.17. The highest BCUT2D eigenvalue weighted by atomic mass is 79.9. The van der Waals surface area contributed by atoms with E-state index < -0.39 is 21.3 Å². The molecule has 0 bridgehead atoms. The summed E-state index contributed by atoms with van der Waals surface area (Å²) in [6.45, 7) is 0. The van der Waals surface area contributed by atoms with Crippen LogP contribution in [-0.2, 0) is 0 Å². The first kappa shape index (κ1) is 16.1. The van der Waals surface area contributed by atoms with E-state index in [9.17, 15) is 25.0 Å². The fraction of sp³-hybridized carbons (Fsp3) is 0. The van der Waals surface area contributed by atoms with Crippen LogP contribution in [0.1, 0.15) is 15.9 Å². The Kier molecular flexibility index (Phi) is 4.53. The van der Waals surface area contributed by atoms with Crippen LogP contribution in [0.4, 0.5) is 11.4 Å². The van der Waals surface area contributed by atoms with E-state index in [2.05, 4.69) is 15.9 Å². The Bertz CT molecular complexity index is 809. The smallest absolute Gasteiger partial charge is 0.288 e. The van der Waals surface area contributed by atoms with Gasteiger partial charge >= 0.3 is 0 Å². The van der Waals surface area contributed by atoms with Gasteiger partial charge in [0.1, 0.15) is 5.02 Å². The van der Waals surface area contributed by atoms with E-state index in [0.717, 1.165) is 12.1 Å². The van der Waals surface area contributed by atoms with Crippen LogP contribution in [0.25, 0.3) is 0 Å². The summed E-state index contributed by atoms with van der Waals surface area (Å²) in [4.78, 5) is 32.7. The van der Waals surface area contributed by atoms with E-state index in [1.54, 1.807) is 0 Å².